The first kappa shape index (κ1) is 54.3. The van der Waals surface area contributed by atoms with Crippen LogP contribution in [0.4, 0.5) is 0 Å². The van der Waals surface area contributed by atoms with Crippen molar-refractivity contribution in [2.24, 2.45) is 0 Å². The van der Waals surface area contributed by atoms with Crippen LogP contribution in [0.5, 0.6) is 34.5 Å². The van der Waals surface area contributed by atoms with Crippen LogP contribution in [0, 0.1) is 0 Å². The van der Waals surface area contributed by atoms with Gasteiger partial charge >= 0.3 is 37.7 Å². The quantitative estimate of drug-likeness (QED) is 0.0317. The van der Waals surface area contributed by atoms with Crippen LogP contribution in [-0.2, 0) is 33.1 Å². The van der Waals surface area contributed by atoms with Gasteiger partial charge in [-0.3, -0.25) is 4.55 Å². The van der Waals surface area contributed by atoms with Gasteiger partial charge in [-0.05, 0) is 85.3 Å². The van der Waals surface area contributed by atoms with Gasteiger partial charge in [0.15, 0.2) is 11.5 Å². The first-order chi connectivity index (χ1) is 28.8. The summed E-state index contributed by atoms with van der Waals surface area (Å²) in [5, 5.41) is 21.7. The zero-order valence-electron chi connectivity index (χ0n) is 36.3. The minimum atomic E-state index is -4.63. The third kappa shape index (κ3) is 22.9. The largest absolute Gasteiger partial charge is 2.00 e. The van der Waals surface area contributed by atoms with E-state index in [0.29, 0.717) is 11.5 Å². The number of rotatable bonds is 28. The number of unbranched alkanes of at least 4 members (excludes halogenated alkanes) is 18. The van der Waals surface area contributed by atoms with E-state index in [2.05, 4.69) is 13.8 Å². The Balaban J connectivity index is 0.000000413. The van der Waals surface area contributed by atoms with Gasteiger partial charge in [0.2, 0.25) is 0 Å². The Morgan fingerprint density at radius 3 is 1.25 bits per heavy atom. The molecule has 0 bridgehead atoms. The van der Waals surface area contributed by atoms with Gasteiger partial charge in [0.25, 0.3) is 10.1 Å². The molecule has 0 amide bonds. The summed E-state index contributed by atoms with van der Waals surface area (Å²) in [6.07, 6.45) is 28.2. The molecule has 0 aliphatic carbocycles. The summed E-state index contributed by atoms with van der Waals surface area (Å²) < 4.78 is 76.1. The molecule has 0 saturated carbocycles. The predicted octanol–water partition coefficient (Wildman–Crippen LogP) is 12.4. The Morgan fingerprint density at radius 1 is 0.492 bits per heavy atom. The van der Waals surface area contributed by atoms with Crippen molar-refractivity contribution in [3.05, 3.63) is 96.1 Å². The Morgan fingerprint density at radius 2 is 0.852 bits per heavy atom. The molecule has 0 aromatic heterocycles. The second-order valence-corrected chi connectivity index (χ2v) is 18.3. The molecule has 13 heteroatoms. The van der Waals surface area contributed by atoms with Crippen LogP contribution in [-0.4, -0.2) is 68.8 Å². The van der Waals surface area contributed by atoms with Crippen molar-refractivity contribution < 1.29 is 45.6 Å². The van der Waals surface area contributed by atoms with Gasteiger partial charge in [-0.1, -0.05) is 166 Å². The van der Waals surface area contributed by atoms with Crippen LogP contribution >= 0.6 is 0 Å². The van der Waals surface area contributed by atoms with Crippen molar-refractivity contribution in [1.82, 2.24) is 0 Å². The van der Waals surface area contributed by atoms with E-state index in [-0.39, 0.29) is 59.9 Å². The standard InChI is InChI=1S/2C24H34O5S.Ca/c2*1-2-3-4-5-6-7-8-9-10-11-12-20-13-15-21(16-14-20)29-24-19-22(30(26,27)28)17-18-23(24)25;/h2*13-19,25H,2-12H2,1H3,(H,26,27,28);/q;;+2/p-2. The molecule has 2 N–H and O–H groups in total. The number of phenols is 1. The molecule has 4 aromatic rings. The minimum Gasteiger partial charge on any atom is -0.870 e. The van der Waals surface area contributed by atoms with E-state index in [1.54, 1.807) is 24.3 Å². The van der Waals surface area contributed by atoms with Crippen LogP contribution in [0.1, 0.15) is 153 Å². The van der Waals surface area contributed by atoms with E-state index in [1.807, 2.05) is 24.3 Å². The van der Waals surface area contributed by atoms with Gasteiger partial charge in [-0.25, -0.2) is 8.42 Å². The fourth-order valence-electron chi connectivity index (χ4n) is 6.80. The first-order valence-corrected chi connectivity index (χ1v) is 24.8. The van der Waals surface area contributed by atoms with Gasteiger partial charge < -0.3 is 24.2 Å². The molecule has 4 aromatic carbocycles. The molecule has 0 unspecified atom stereocenters. The first-order valence-electron chi connectivity index (χ1n) is 21.9. The summed E-state index contributed by atoms with van der Waals surface area (Å²) in [4.78, 5) is -0.803. The maximum atomic E-state index is 11.9. The number of hydrogen-bond donors (Lipinski definition) is 2. The molecule has 0 spiro atoms. The second-order valence-electron chi connectivity index (χ2n) is 15.5. The van der Waals surface area contributed by atoms with Crippen molar-refractivity contribution in [3.63, 3.8) is 0 Å². The van der Waals surface area contributed by atoms with Crippen LogP contribution in [0.15, 0.2) is 94.7 Å². The number of benzene rings is 4. The molecule has 332 valence electrons. The van der Waals surface area contributed by atoms with Crippen molar-refractivity contribution in [2.75, 3.05) is 0 Å². The molecule has 61 heavy (non-hydrogen) atoms. The molecule has 4 rings (SSSR count). The van der Waals surface area contributed by atoms with E-state index in [9.17, 15) is 31.6 Å². The predicted molar refractivity (Wildman–Crippen MR) is 242 cm³/mol. The Kier molecular flexibility index (Phi) is 27.0. The summed E-state index contributed by atoms with van der Waals surface area (Å²) in [6, 6.07) is 21.3. The molecule has 0 aliphatic rings. The van der Waals surface area contributed by atoms with Crippen molar-refractivity contribution in [2.45, 2.75) is 165 Å². The van der Waals surface area contributed by atoms with E-state index in [1.165, 1.54) is 133 Å². The molecule has 0 aliphatic heterocycles. The van der Waals surface area contributed by atoms with E-state index >= 15 is 0 Å². The fraction of sp³-hybridized carbons (Fsp3) is 0.500. The molecule has 0 fully saturated rings. The van der Waals surface area contributed by atoms with Gasteiger partial charge in [-0.15, -0.1) is 0 Å². The third-order valence-corrected chi connectivity index (χ3v) is 12.1. The third-order valence-electron chi connectivity index (χ3n) is 10.4. The van der Waals surface area contributed by atoms with Crippen LogP contribution in [0.25, 0.3) is 0 Å². The van der Waals surface area contributed by atoms with Gasteiger partial charge in [-0.2, -0.15) is 8.42 Å². The van der Waals surface area contributed by atoms with Crippen molar-refractivity contribution in [1.29, 1.82) is 0 Å². The van der Waals surface area contributed by atoms with E-state index in [0.717, 1.165) is 56.0 Å². The SMILES string of the molecule is CCCCCCCCCCCCc1ccc(Oc2cc(S(=O)(=O)O)ccc2O)cc1.CCCCCCCCCCCCc1ccc(Oc2cc(S(=O)(=O)[O-])ccc2[O-])cc1.[Ca+2]. The minimum absolute atomic E-state index is 0. The second kappa shape index (κ2) is 30.3. The van der Waals surface area contributed by atoms with E-state index in [4.69, 9.17) is 14.0 Å². The van der Waals surface area contributed by atoms with Crippen LogP contribution in [0.2, 0.25) is 0 Å². The van der Waals surface area contributed by atoms with E-state index < -0.39 is 30.9 Å². The molecule has 0 radical (unpaired) electrons. The van der Waals surface area contributed by atoms with Crippen molar-refractivity contribution in [3.8, 4) is 34.5 Å². The zero-order valence-corrected chi connectivity index (χ0v) is 40.2. The number of aryl methyl sites for hydroxylation is 2. The average molecular weight is 907 g/mol. The Labute approximate surface area is 396 Å². The number of ether oxygens (including phenoxy) is 2. The van der Waals surface area contributed by atoms with Gasteiger partial charge in [0.1, 0.15) is 27.4 Å². The zero-order chi connectivity index (χ0) is 43.6. The van der Waals surface area contributed by atoms with Crippen molar-refractivity contribution >= 4 is 58.0 Å². The topological polar surface area (TPSA) is 173 Å². The number of aromatic hydroxyl groups is 1. The molecule has 0 atom stereocenters. The Hall–Kier alpha value is -2.84. The van der Waals surface area contributed by atoms with Crippen LogP contribution in [0.3, 0.4) is 0 Å². The number of hydrogen-bond acceptors (Lipinski definition) is 9. The smallest absolute Gasteiger partial charge is 0.870 e. The maximum Gasteiger partial charge on any atom is 2.00 e. The molecule has 0 saturated heterocycles. The molecular formula is C48H66CaO10S2. The summed E-state index contributed by atoms with van der Waals surface area (Å²) in [7, 11) is -8.99. The maximum absolute atomic E-state index is 11.9. The summed E-state index contributed by atoms with van der Waals surface area (Å²) in [5.74, 6) is 0.0552. The normalized spacial score (nSPS) is 11.3. The Bertz CT molecular complexity index is 1870. The summed E-state index contributed by atoms with van der Waals surface area (Å²) >= 11 is 0. The number of phenolic OH excluding ortho intramolecular Hbond substituents is 1. The summed E-state index contributed by atoms with van der Waals surface area (Å²) in [6.45, 7) is 4.49. The summed E-state index contributed by atoms with van der Waals surface area (Å²) in [5.41, 5.74) is 2.41. The molecule has 10 nitrogen and oxygen atoms in total. The fourth-order valence-corrected chi connectivity index (χ4v) is 7.78. The molecular weight excluding hydrogens is 841 g/mol. The van der Waals surface area contributed by atoms with Gasteiger partial charge in [0.05, 0.1) is 9.79 Å². The molecule has 0 heterocycles. The monoisotopic (exact) mass is 906 g/mol. The average Bonchev–Trinajstić information content (AvgIpc) is 3.21. The van der Waals surface area contributed by atoms with Crippen LogP contribution < -0.4 is 14.6 Å². The van der Waals surface area contributed by atoms with Gasteiger partial charge in [0, 0.05) is 6.07 Å².